The molecule has 0 rings (SSSR count). The van der Waals surface area contributed by atoms with E-state index in [2.05, 4.69) is 45.5 Å². The summed E-state index contributed by atoms with van der Waals surface area (Å²) >= 11 is 0. The van der Waals surface area contributed by atoms with E-state index in [-0.39, 0.29) is 0 Å². The van der Waals surface area contributed by atoms with E-state index in [0.29, 0.717) is 0 Å². The maximum absolute atomic E-state index is 3.94. The van der Waals surface area contributed by atoms with Gasteiger partial charge in [0.15, 0.2) is 0 Å². The molecule has 0 aliphatic carbocycles. The molecule has 0 bridgehead atoms. The molecule has 11 heavy (non-hydrogen) atoms. The molecule has 62 valence electrons. The molecule has 0 aromatic heterocycles. The van der Waals surface area contributed by atoms with Crippen molar-refractivity contribution >= 4 is 6.72 Å². The molecule has 0 aliphatic heterocycles. The Hall–Kier alpha value is -0.850. The number of rotatable bonds is 3. The van der Waals surface area contributed by atoms with Crippen LogP contribution in [-0.2, 0) is 0 Å². The van der Waals surface area contributed by atoms with Gasteiger partial charge in [0.05, 0.1) is 0 Å². The molecule has 1 heteroatoms. The van der Waals surface area contributed by atoms with Gasteiger partial charge in [0.2, 0.25) is 0 Å². The molecular formula is C10H17N. The monoisotopic (exact) mass is 151 g/mol. The molecule has 0 radical (unpaired) electrons. The molecule has 0 spiro atoms. The van der Waals surface area contributed by atoms with Gasteiger partial charge in [-0.1, -0.05) is 18.6 Å². The van der Waals surface area contributed by atoms with Crippen molar-refractivity contribution in [2.24, 2.45) is 4.99 Å². The van der Waals surface area contributed by atoms with Gasteiger partial charge in [0, 0.05) is 5.70 Å². The Kier molecular flexibility index (Phi) is 4.51. The third kappa shape index (κ3) is 3.76. The van der Waals surface area contributed by atoms with Crippen LogP contribution in [0.3, 0.4) is 0 Å². The second-order valence-corrected chi connectivity index (χ2v) is 2.86. The van der Waals surface area contributed by atoms with Crippen molar-refractivity contribution in [1.82, 2.24) is 0 Å². The van der Waals surface area contributed by atoms with Crippen molar-refractivity contribution in [3.05, 3.63) is 22.9 Å². The van der Waals surface area contributed by atoms with Crippen LogP contribution in [0.5, 0.6) is 0 Å². The van der Waals surface area contributed by atoms with Crippen LogP contribution >= 0.6 is 0 Å². The lowest BCUT2D eigenvalue weighted by atomic mass is 10.1. The van der Waals surface area contributed by atoms with Gasteiger partial charge in [0.1, 0.15) is 0 Å². The lowest BCUT2D eigenvalue weighted by Gasteiger charge is -2.00. The van der Waals surface area contributed by atoms with E-state index in [1.165, 1.54) is 11.1 Å². The predicted molar refractivity (Wildman–Crippen MR) is 52.0 cm³/mol. The largest absolute Gasteiger partial charge is 0.269 e. The molecule has 0 aliphatic rings. The minimum absolute atomic E-state index is 0.957. The maximum Gasteiger partial charge on any atom is 0.0422 e. The fraction of sp³-hybridized carbons (Fsp3) is 0.500. The Morgan fingerprint density at radius 3 is 2.18 bits per heavy atom. The van der Waals surface area contributed by atoms with Crippen LogP contribution < -0.4 is 0 Å². The Morgan fingerprint density at radius 1 is 1.36 bits per heavy atom. The van der Waals surface area contributed by atoms with E-state index < -0.39 is 0 Å². The molecular weight excluding hydrogens is 134 g/mol. The molecule has 0 atom stereocenters. The van der Waals surface area contributed by atoms with Crippen molar-refractivity contribution in [2.75, 3.05) is 0 Å². The van der Waals surface area contributed by atoms with Gasteiger partial charge in [-0.25, -0.2) is 0 Å². The smallest absolute Gasteiger partial charge is 0.0422 e. The van der Waals surface area contributed by atoms with Gasteiger partial charge in [-0.15, -0.1) is 0 Å². The van der Waals surface area contributed by atoms with Crippen LogP contribution in [0.2, 0.25) is 0 Å². The first kappa shape index (κ1) is 10.2. The van der Waals surface area contributed by atoms with E-state index in [1.54, 1.807) is 0 Å². The van der Waals surface area contributed by atoms with Gasteiger partial charge in [0.25, 0.3) is 0 Å². The molecule has 0 heterocycles. The fourth-order valence-corrected chi connectivity index (χ4v) is 1.03. The van der Waals surface area contributed by atoms with Crippen LogP contribution in [-0.4, -0.2) is 6.72 Å². The Bertz CT molecular complexity index is 193. The lowest BCUT2D eigenvalue weighted by Crippen LogP contribution is -1.81. The van der Waals surface area contributed by atoms with E-state index >= 15 is 0 Å². The van der Waals surface area contributed by atoms with Crippen LogP contribution in [0.4, 0.5) is 0 Å². The van der Waals surface area contributed by atoms with Gasteiger partial charge >= 0.3 is 0 Å². The minimum Gasteiger partial charge on any atom is -0.269 e. The van der Waals surface area contributed by atoms with Crippen molar-refractivity contribution in [3.8, 4) is 0 Å². The lowest BCUT2D eigenvalue weighted by molar-refractivity contribution is 1.04. The van der Waals surface area contributed by atoms with Gasteiger partial charge in [-0.2, -0.15) is 0 Å². The summed E-state index contributed by atoms with van der Waals surface area (Å²) in [5.41, 5.74) is 3.62. The van der Waals surface area contributed by atoms with Gasteiger partial charge < -0.3 is 0 Å². The van der Waals surface area contributed by atoms with Crippen LogP contribution in [0, 0.1) is 0 Å². The number of hydrogen-bond donors (Lipinski definition) is 0. The Balaban J connectivity index is 4.62. The molecule has 0 saturated carbocycles. The SMILES string of the molecule is C=N/C(CC)=C(/C)C=C(C)C. The average molecular weight is 151 g/mol. The fourth-order valence-electron chi connectivity index (χ4n) is 1.03. The summed E-state index contributed by atoms with van der Waals surface area (Å²) in [7, 11) is 0. The highest BCUT2D eigenvalue weighted by Crippen LogP contribution is 2.11. The topological polar surface area (TPSA) is 12.4 Å². The molecule has 1 nitrogen and oxygen atoms in total. The third-order valence-electron chi connectivity index (χ3n) is 1.49. The summed E-state index contributed by atoms with van der Waals surface area (Å²) in [6.45, 7) is 11.8. The number of nitrogens with zero attached hydrogens (tertiary/aromatic N) is 1. The molecule has 0 amide bonds. The Labute approximate surface area is 69.5 Å². The van der Waals surface area contributed by atoms with Gasteiger partial charge in [-0.05, 0) is 39.5 Å². The summed E-state index contributed by atoms with van der Waals surface area (Å²) in [5, 5.41) is 0. The first-order valence-corrected chi connectivity index (χ1v) is 3.93. The van der Waals surface area contributed by atoms with E-state index in [1.807, 2.05) is 0 Å². The van der Waals surface area contributed by atoms with Crippen molar-refractivity contribution in [1.29, 1.82) is 0 Å². The van der Waals surface area contributed by atoms with Crippen molar-refractivity contribution < 1.29 is 0 Å². The minimum atomic E-state index is 0.957. The predicted octanol–water partition coefficient (Wildman–Crippen LogP) is 3.34. The molecule has 0 aromatic carbocycles. The zero-order valence-corrected chi connectivity index (χ0v) is 7.94. The van der Waals surface area contributed by atoms with Gasteiger partial charge in [-0.3, -0.25) is 4.99 Å². The van der Waals surface area contributed by atoms with E-state index in [9.17, 15) is 0 Å². The molecule has 0 saturated heterocycles. The maximum atomic E-state index is 3.94. The molecule has 0 aromatic rings. The number of aliphatic imine (C=N–C) groups is 1. The highest BCUT2D eigenvalue weighted by Gasteiger charge is 1.93. The first-order valence-electron chi connectivity index (χ1n) is 3.93. The summed E-state index contributed by atoms with van der Waals surface area (Å²) < 4.78 is 0. The highest BCUT2D eigenvalue weighted by atomic mass is 14.7. The third-order valence-corrected chi connectivity index (χ3v) is 1.49. The Morgan fingerprint density at radius 2 is 1.91 bits per heavy atom. The molecule has 0 N–H and O–H groups in total. The van der Waals surface area contributed by atoms with Crippen LogP contribution in [0.1, 0.15) is 34.1 Å². The second kappa shape index (κ2) is 4.89. The average Bonchev–Trinajstić information content (AvgIpc) is 1.88. The summed E-state index contributed by atoms with van der Waals surface area (Å²) in [5.74, 6) is 0. The summed E-state index contributed by atoms with van der Waals surface area (Å²) in [6, 6.07) is 0. The first-order chi connectivity index (χ1) is 5.11. The van der Waals surface area contributed by atoms with Crippen molar-refractivity contribution in [2.45, 2.75) is 34.1 Å². The highest BCUT2D eigenvalue weighted by molar-refractivity contribution is 5.34. The summed E-state index contributed by atoms with van der Waals surface area (Å²) in [6.07, 6.45) is 3.09. The standard InChI is InChI=1S/C10H17N/c1-6-10(11-5)9(4)7-8(2)3/h7H,5-6H2,1-4H3/b10-9-. The number of allylic oxidation sites excluding steroid dienone is 4. The number of hydrogen-bond acceptors (Lipinski definition) is 1. The summed E-state index contributed by atoms with van der Waals surface area (Å²) in [4.78, 5) is 3.94. The zero-order valence-electron chi connectivity index (χ0n) is 7.94. The molecule has 0 unspecified atom stereocenters. The molecule has 0 fully saturated rings. The van der Waals surface area contributed by atoms with E-state index in [4.69, 9.17) is 0 Å². The van der Waals surface area contributed by atoms with Crippen molar-refractivity contribution in [3.63, 3.8) is 0 Å². The zero-order chi connectivity index (χ0) is 8.85. The normalized spacial score (nSPS) is 12.0. The van der Waals surface area contributed by atoms with E-state index in [0.717, 1.165) is 12.1 Å². The quantitative estimate of drug-likeness (QED) is 0.433. The van der Waals surface area contributed by atoms with Crippen LogP contribution in [0.15, 0.2) is 27.9 Å². The second-order valence-electron chi connectivity index (χ2n) is 2.86. The van der Waals surface area contributed by atoms with Crippen LogP contribution in [0.25, 0.3) is 0 Å².